The van der Waals surface area contributed by atoms with Crippen molar-refractivity contribution in [1.82, 2.24) is 5.32 Å². The quantitative estimate of drug-likeness (QED) is 0.222. The summed E-state index contributed by atoms with van der Waals surface area (Å²) in [5.41, 5.74) is -0.157. The van der Waals surface area contributed by atoms with Gasteiger partial charge >= 0.3 is 18.1 Å². The molecular weight excluding hydrogens is 497 g/mol. The van der Waals surface area contributed by atoms with Gasteiger partial charge in [0, 0.05) is 25.3 Å². The first kappa shape index (κ1) is 29.6. The van der Waals surface area contributed by atoms with Crippen molar-refractivity contribution in [2.45, 2.75) is 25.4 Å². The van der Waals surface area contributed by atoms with Gasteiger partial charge in [0.2, 0.25) is 5.91 Å². The minimum absolute atomic E-state index is 0.0287. The van der Waals surface area contributed by atoms with E-state index in [9.17, 15) is 27.6 Å². The van der Waals surface area contributed by atoms with Crippen molar-refractivity contribution in [2.24, 2.45) is 0 Å². The number of rotatable bonds is 16. The molecule has 0 atom stereocenters. The van der Waals surface area contributed by atoms with Gasteiger partial charge in [-0.05, 0) is 36.8 Å². The Hall–Kier alpha value is -3.64. The zero-order chi connectivity index (χ0) is 27.1. The number of carboxylic acid groups (broad SMARTS) is 1. The molecule has 9 nitrogen and oxygen atoms in total. The van der Waals surface area contributed by atoms with E-state index in [1.54, 1.807) is 18.2 Å². The number of hydrogen-bond donors (Lipinski definition) is 3. The number of amides is 1. The van der Waals surface area contributed by atoms with Crippen LogP contribution in [0.5, 0.6) is 0 Å². The summed E-state index contributed by atoms with van der Waals surface area (Å²) in [5.74, 6) is -2.00. The minimum Gasteiger partial charge on any atom is -0.481 e. The fourth-order valence-corrected chi connectivity index (χ4v) is 3.00. The Labute approximate surface area is 211 Å². The molecule has 0 spiro atoms. The normalized spacial score (nSPS) is 11.1. The lowest BCUT2D eigenvalue weighted by atomic mass is 10.1. The van der Waals surface area contributed by atoms with Crippen LogP contribution in [0.2, 0.25) is 0 Å². The molecule has 1 amide bonds. The zero-order valence-corrected chi connectivity index (χ0v) is 20.0. The molecule has 0 heterocycles. The molecule has 0 aliphatic carbocycles. The first-order valence-corrected chi connectivity index (χ1v) is 11.5. The number of carbonyl (C=O) groups excluding carboxylic acids is 2. The van der Waals surface area contributed by atoms with Crippen molar-refractivity contribution >= 4 is 29.2 Å². The number of ether oxygens (including phenoxy) is 3. The second kappa shape index (κ2) is 15.5. The number of nitrogens with one attached hydrogen (secondary N) is 2. The number of alkyl halides is 3. The van der Waals surface area contributed by atoms with Gasteiger partial charge in [-0.1, -0.05) is 18.2 Å². The summed E-state index contributed by atoms with van der Waals surface area (Å²) >= 11 is 0. The molecule has 0 aliphatic rings. The maximum absolute atomic E-state index is 13.0. The van der Waals surface area contributed by atoms with E-state index in [0.29, 0.717) is 31.9 Å². The van der Waals surface area contributed by atoms with Crippen LogP contribution in [-0.2, 0) is 30.0 Å². The van der Waals surface area contributed by atoms with Gasteiger partial charge in [0.25, 0.3) is 0 Å². The Morgan fingerprint density at radius 3 is 2.30 bits per heavy atom. The molecule has 0 radical (unpaired) electrons. The molecule has 0 fully saturated rings. The second-order valence-electron chi connectivity index (χ2n) is 7.71. The highest BCUT2D eigenvalue weighted by Gasteiger charge is 2.30. The highest BCUT2D eigenvalue weighted by molar-refractivity contribution is 5.96. The molecule has 0 unspecified atom stereocenters. The van der Waals surface area contributed by atoms with Gasteiger partial charge in [-0.25, -0.2) is 4.79 Å². The number of benzene rings is 2. The highest BCUT2D eigenvalue weighted by Crippen LogP contribution is 2.32. The zero-order valence-electron chi connectivity index (χ0n) is 20.0. The molecule has 3 N–H and O–H groups in total. The van der Waals surface area contributed by atoms with E-state index in [1.165, 1.54) is 18.2 Å². The van der Waals surface area contributed by atoms with Crippen molar-refractivity contribution in [3.63, 3.8) is 0 Å². The van der Waals surface area contributed by atoms with Crippen LogP contribution >= 0.6 is 0 Å². The number of anilines is 2. The van der Waals surface area contributed by atoms with Crippen LogP contribution in [0.3, 0.4) is 0 Å². The number of halogens is 3. The van der Waals surface area contributed by atoms with Gasteiger partial charge in [-0.3, -0.25) is 9.59 Å². The lowest BCUT2D eigenvalue weighted by Gasteiger charge is -2.13. The van der Waals surface area contributed by atoms with Crippen LogP contribution < -0.4 is 10.6 Å². The fourth-order valence-electron chi connectivity index (χ4n) is 3.00. The lowest BCUT2D eigenvalue weighted by molar-refractivity contribution is -0.139. The van der Waals surface area contributed by atoms with Crippen molar-refractivity contribution in [2.75, 3.05) is 44.9 Å². The van der Waals surface area contributed by atoms with Gasteiger partial charge in [0.05, 0.1) is 43.1 Å². The molecule has 12 heteroatoms. The van der Waals surface area contributed by atoms with Crippen LogP contribution in [0.25, 0.3) is 0 Å². The first-order valence-electron chi connectivity index (χ1n) is 11.5. The predicted octanol–water partition coefficient (Wildman–Crippen LogP) is 4.01. The Bertz CT molecular complexity index is 1030. The molecule has 0 aromatic heterocycles. The van der Waals surface area contributed by atoms with Crippen LogP contribution in [0.4, 0.5) is 24.5 Å². The van der Waals surface area contributed by atoms with Crippen molar-refractivity contribution in [3.05, 3.63) is 59.7 Å². The van der Waals surface area contributed by atoms with Crippen LogP contribution in [0.1, 0.15) is 35.2 Å². The summed E-state index contributed by atoms with van der Waals surface area (Å²) in [5, 5.41) is 13.9. The number of carboxylic acids is 1. The largest absolute Gasteiger partial charge is 0.481 e. The van der Waals surface area contributed by atoms with E-state index in [-0.39, 0.29) is 49.8 Å². The molecule has 0 saturated heterocycles. The van der Waals surface area contributed by atoms with Crippen LogP contribution in [0, 0.1) is 0 Å². The maximum Gasteiger partial charge on any atom is 0.416 e. The highest BCUT2D eigenvalue weighted by atomic mass is 19.4. The van der Waals surface area contributed by atoms with Gasteiger partial charge in [-0.2, -0.15) is 13.2 Å². The Morgan fingerprint density at radius 1 is 0.865 bits per heavy atom. The molecule has 0 bridgehead atoms. The van der Waals surface area contributed by atoms with E-state index < -0.39 is 23.7 Å². The number of hydrogen-bond acceptors (Lipinski definition) is 7. The summed E-state index contributed by atoms with van der Waals surface area (Å²) in [6.45, 7) is 1.41. The molecule has 0 saturated carbocycles. The minimum atomic E-state index is -4.48. The molecular formula is C25H29F3N2O7. The second-order valence-corrected chi connectivity index (χ2v) is 7.71. The molecule has 2 aromatic carbocycles. The Balaban J connectivity index is 1.62. The average Bonchev–Trinajstić information content (AvgIpc) is 2.86. The topological polar surface area (TPSA) is 123 Å². The number of carbonyl (C=O) groups is 3. The lowest BCUT2D eigenvalue weighted by Crippen LogP contribution is -2.25. The third-order valence-corrected chi connectivity index (χ3v) is 4.80. The first-order chi connectivity index (χ1) is 17.7. The summed E-state index contributed by atoms with van der Waals surface area (Å²) in [6, 6.07) is 11.0. The van der Waals surface area contributed by atoms with E-state index in [2.05, 4.69) is 10.6 Å². The van der Waals surface area contributed by atoms with Crippen molar-refractivity contribution in [3.8, 4) is 0 Å². The van der Waals surface area contributed by atoms with Crippen LogP contribution in [-0.4, -0.2) is 62.5 Å². The van der Waals surface area contributed by atoms with Gasteiger partial charge in [-0.15, -0.1) is 0 Å². The number of para-hydroxylation sites is 1. The third kappa shape index (κ3) is 11.8. The monoisotopic (exact) mass is 526 g/mol. The fraction of sp³-hybridized carbons (Fsp3) is 0.400. The smallest absolute Gasteiger partial charge is 0.416 e. The molecule has 202 valence electrons. The average molecular weight is 527 g/mol. The maximum atomic E-state index is 13.0. The van der Waals surface area contributed by atoms with E-state index in [0.717, 1.165) is 12.1 Å². The van der Waals surface area contributed by atoms with Gasteiger partial charge in [0.15, 0.2) is 0 Å². The molecule has 37 heavy (non-hydrogen) atoms. The standard InChI is InChI=1S/C25H29F3N2O7/c26-25(27,28)18-5-3-6-19(17-18)30-21-8-2-1-7-20(21)24(34)37-16-15-36-14-13-35-12-4-11-29-22(31)9-10-23(32)33/h1-3,5-8,17,30H,4,9-16H2,(H,29,31)(H,32,33). The summed E-state index contributed by atoms with van der Waals surface area (Å²) in [4.78, 5) is 34.2. The van der Waals surface area contributed by atoms with E-state index >= 15 is 0 Å². The summed E-state index contributed by atoms with van der Waals surface area (Å²) in [7, 11) is 0. The Kier molecular flexibility index (Phi) is 12.4. The van der Waals surface area contributed by atoms with E-state index in [4.69, 9.17) is 19.3 Å². The Morgan fingerprint density at radius 2 is 1.57 bits per heavy atom. The van der Waals surface area contributed by atoms with Crippen molar-refractivity contribution < 1.29 is 46.9 Å². The van der Waals surface area contributed by atoms with Gasteiger partial charge < -0.3 is 30.0 Å². The molecule has 0 aliphatic heterocycles. The van der Waals surface area contributed by atoms with Crippen LogP contribution in [0.15, 0.2) is 48.5 Å². The molecule has 2 rings (SSSR count). The summed E-state index contributed by atoms with van der Waals surface area (Å²) in [6.07, 6.45) is -4.20. The predicted molar refractivity (Wildman–Crippen MR) is 128 cm³/mol. The van der Waals surface area contributed by atoms with E-state index in [1.807, 2.05) is 0 Å². The SMILES string of the molecule is O=C(O)CCC(=O)NCCCOCCOCCOC(=O)c1ccccc1Nc1cccc(C(F)(F)F)c1. The summed E-state index contributed by atoms with van der Waals surface area (Å²) < 4.78 is 54.8. The van der Waals surface area contributed by atoms with Crippen molar-refractivity contribution in [1.29, 1.82) is 0 Å². The third-order valence-electron chi connectivity index (χ3n) is 4.80. The number of aliphatic carboxylic acids is 1. The van der Waals surface area contributed by atoms with Gasteiger partial charge in [0.1, 0.15) is 6.61 Å². The number of esters is 1. The molecule has 2 aromatic rings.